The number of aliphatic hydroxyl groups excluding tert-OH is 1. The van der Waals surface area contributed by atoms with Gasteiger partial charge in [0.2, 0.25) is 0 Å². The van der Waals surface area contributed by atoms with Crippen molar-refractivity contribution in [1.29, 1.82) is 0 Å². The van der Waals surface area contributed by atoms with Crippen LogP contribution in [0.1, 0.15) is 10.4 Å². The number of aliphatic hydroxyl groups is 1. The van der Waals surface area contributed by atoms with Crippen LogP contribution in [0.4, 0.5) is 0 Å². The van der Waals surface area contributed by atoms with Crippen LogP contribution in [-0.4, -0.2) is 23.6 Å². The lowest BCUT2D eigenvalue weighted by Gasteiger charge is -2.11. The molecule has 1 unspecified atom stereocenters. The zero-order valence-electron chi connectivity index (χ0n) is 9.82. The van der Waals surface area contributed by atoms with Crippen molar-refractivity contribution in [3.05, 3.63) is 66.2 Å². The van der Waals surface area contributed by atoms with Gasteiger partial charge in [0.15, 0.2) is 11.9 Å². The van der Waals surface area contributed by atoms with E-state index in [-0.39, 0.29) is 12.4 Å². The van der Waals surface area contributed by atoms with Crippen molar-refractivity contribution in [1.82, 2.24) is 0 Å². The fourth-order valence-corrected chi connectivity index (χ4v) is 1.56. The van der Waals surface area contributed by atoms with Crippen LogP contribution in [0, 0.1) is 0 Å². The molecule has 2 aromatic rings. The summed E-state index contributed by atoms with van der Waals surface area (Å²) in [5.74, 6) is 0.309. The Hall–Kier alpha value is -2.13. The summed E-state index contributed by atoms with van der Waals surface area (Å²) in [6.45, 7) is -0.0439. The summed E-state index contributed by atoms with van der Waals surface area (Å²) in [6.07, 6.45) is -1.15. The van der Waals surface area contributed by atoms with E-state index in [0.717, 1.165) is 0 Å². The first-order chi connectivity index (χ1) is 8.77. The lowest BCUT2D eigenvalue weighted by Crippen LogP contribution is -2.27. The first-order valence-corrected chi connectivity index (χ1v) is 5.72. The molecule has 0 aliphatic carbocycles. The maximum Gasteiger partial charge on any atom is 0.194 e. The van der Waals surface area contributed by atoms with Crippen molar-refractivity contribution in [3.63, 3.8) is 0 Å². The number of hydrogen-bond acceptors (Lipinski definition) is 3. The average Bonchev–Trinajstić information content (AvgIpc) is 2.46. The summed E-state index contributed by atoms with van der Waals surface area (Å²) in [5.41, 5.74) is 0.488. The van der Waals surface area contributed by atoms with Gasteiger partial charge in [-0.1, -0.05) is 48.5 Å². The molecule has 0 radical (unpaired) electrons. The molecule has 0 aliphatic heterocycles. The Morgan fingerprint density at radius 2 is 1.56 bits per heavy atom. The number of hydrogen-bond donors (Lipinski definition) is 1. The van der Waals surface area contributed by atoms with E-state index in [9.17, 15) is 9.90 Å². The van der Waals surface area contributed by atoms with Crippen LogP contribution in [-0.2, 0) is 0 Å². The molecule has 3 heteroatoms. The van der Waals surface area contributed by atoms with E-state index in [2.05, 4.69) is 0 Å². The second kappa shape index (κ2) is 5.98. The zero-order chi connectivity index (χ0) is 12.8. The molecule has 0 spiro atoms. The molecule has 0 amide bonds. The minimum Gasteiger partial charge on any atom is -0.490 e. The van der Waals surface area contributed by atoms with Crippen LogP contribution in [0.15, 0.2) is 60.7 Å². The Morgan fingerprint density at radius 3 is 2.17 bits per heavy atom. The summed E-state index contributed by atoms with van der Waals surface area (Å²) in [4.78, 5) is 11.8. The van der Waals surface area contributed by atoms with E-state index < -0.39 is 6.10 Å². The molecule has 0 aromatic heterocycles. The van der Waals surface area contributed by atoms with Gasteiger partial charge < -0.3 is 9.84 Å². The molecule has 0 saturated heterocycles. The van der Waals surface area contributed by atoms with Gasteiger partial charge in [0.05, 0.1) is 0 Å². The summed E-state index contributed by atoms with van der Waals surface area (Å²) in [7, 11) is 0. The molecule has 0 bridgehead atoms. The summed E-state index contributed by atoms with van der Waals surface area (Å²) < 4.78 is 5.34. The second-order valence-electron chi connectivity index (χ2n) is 3.87. The quantitative estimate of drug-likeness (QED) is 0.818. The second-order valence-corrected chi connectivity index (χ2v) is 3.87. The largest absolute Gasteiger partial charge is 0.490 e. The molecule has 1 atom stereocenters. The van der Waals surface area contributed by atoms with Gasteiger partial charge in [-0.15, -0.1) is 0 Å². The smallest absolute Gasteiger partial charge is 0.194 e. The van der Waals surface area contributed by atoms with Gasteiger partial charge in [0, 0.05) is 5.56 Å². The molecule has 1 N–H and O–H groups in total. The lowest BCUT2D eigenvalue weighted by molar-refractivity contribution is 0.0623. The van der Waals surface area contributed by atoms with Crippen molar-refractivity contribution in [3.8, 4) is 5.75 Å². The third-order valence-electron chi connectivity index (χ3n) is 2.51. The van der Waals surface area contributed by atoms with Gasteiger partial charge in [-0.25, -0.2) is 0 Å². The van der Waals surface area contributed by atoms with Crippen molar-refractivity contribution in [2.75, 3.05) is 6.61 Å². The van der Waals surface area contributed by atoms with E-state index in [4.69, 9.17) is 4.74 Å². The van der Waals surface area contributed by atoms with Crippen LogP contribution in [0.5, 0.6) is 5.75 Å². The Morgan fingerprint density at radius 1 is 1.00 bits per heavy atom. The van der Waals surface area contributed by atoms with Crippen LogP contribution in [0.2, 0.25) is 0 Å². The fraction of sp³-hybridized carbons (Fsp3) is 0.133. The van der Waals surface area contributed by atoms with Crippen molar-refractivity contribution in [2.24, 2.45) is 0 Å². The van der Waals surface area contributed by atoms with Gasteiger partial charge in [0.1, 0.15) is 12.4 Å². The molecule has 2 rings (SSSR count). The van der Waals surface area contributed by atoms with Crippen molar-refractivity contribution >= 4 is 5.78 Å². The summed E-state index contributed by atoms with van der Waals surface area (Å²) in [5, 5.41) is 9.76. The fourth-order valence-electron chi connectivity index (χ4n) is 1.56. The number of Topliss-reactive ketones (excluding diaryl/α,β-unsaturated/α-hetero) is 1. The maximum atomic E-state index is 11.8. The van der Waals surface area contributed by atoms with E-state index >= 15 is 0 Å². The molecule has 18 heavy (non-hydrogen) atoms. The molecule has 0 saturated carbocycles. The Bertz CT molecular complexity index is 494. The first kappa shape index (κ1) is 12.3. The van der Waals surface area contributed by atoms with Gasteiger partial charge in [-0.2, -0.15) is 0 Å². The highest BCUT2D eigenvalue weighted by molar-refractivity contribution is 5.99. The topological polar surface area (TPSA) is 46.5 Å². The van der Waals surface area contributed by atoms with Crippen molar-refractivity contribution in [2.45, 2.75) is 6.10 Å². The molecule has 3 nitrogen and oxygen atoms in total. The standard InChI is InChI=1S/C15H14O3/c16-14(11-18-13-9-5-2-6-10-13)15(17)12-7-3-1-4-8-12/h1-10,14,16H,11H2. The number of carbonyl (C=O) groups excluding carboxylic acids is 1. The lowest BCUT2D eigenvalue weighted by atomic mass is 10.1. The number of rotatable bonds is 5. The van der Waals surface area contributed by atoms with Gasteiger partial charge in [0.25, 0.3) is 0 Å². The Labute approximate surface area is 106 Å². The van der Waals surface area contributed by atoms with Crippen molar-refractivity contribution < 1.29 is 14.6 Å². The number of carbonyl (C=O) groups is 1. The van der Waals surface area contributed by atoms with E-state index in [1.807, 2.05) is 24.3 Å². The maximum absolute atomic E-state index is 11.8. The van der Waals surface area contributed by atoms with E-state index in [1.54, 1.807) is 36.4 Å². The predicted octanol–water partition coefficient (Wildman–Crippen LogP) is 2.31. The highest BCUT2D eigenvalue weighted by Crippen LogP contribution is 2.10. The Balaban J connectivity index is 1.93. The van der Waals surface area contributed by atoms with Gasteiger partial charge in [-0.05, 0) is 12.1 Å². The molecule has 92 valence electrons. The summed E-state index contributed by atoms with van der Waals surface area (Å²) in [6, 6.07) is 17.8. The monoisotopic (exact) mass is 242 g/mol. The normalized spacial score (nSPS) is 11.8. The van der Waals surface area contributed by atoms with Crippen LogP contribution in [0.25, 0.3) is 0 Å². The highest BCUT2D eigenvalue weighted by atomic mass is 16.5. The highest BCUT2D eigenvalue weighted by Gasteiger charge is 2.17. The number of ether oxygens (including phenoxy) is 1. The predicted molar refractivity (Wildman–Crippen MR) is 68.7 cm³/mol. The number of ketones is 1. The van der Waals surface area contributed by atoms with Crippen LogP contribution >= 0.6 is 0 Å². The molecule has 0 aliphatic rings. The van der Waals surface area contributed by atoms with Gasteiger partial charge >= 0.3 is 0 Å². The molecule has 2 aromatic carbocycles. The van der Waals surface area contributed by atoms with Crippen LogP contribution < -0.4 is 4.74 Å². The van der Waals surface area contributed by atoms with E-state index in [0.29, 0.717) is 11.3 Å². The zero-order valence-corrected chi connectivity index (χ0v) is 9.82. The molecule has 0 heterocycles. The molecular weight excluding hydrogens is 228 g/mol. The number of benzene rings is 2. The minimum absolute atomic E-state index is 0.0439. The third-order valence-corrected chi connectivity index (χ3v) is 2.51. The van der Waals surface area contributed by atoms with E-state index in [1.165, 1.54) is 0 Å². The molecular formula is C15H14O3. The molecule has 0 fully saturated rings. The SMILES string of the molecule is O=C(c1ccccc1)C(O)COc1ccccc1. The average molecular weight is 242 g/mol. The third kappa shape index (κ3) is 3.18. The first-order valence-electron chi connectivity index (χ1n) is 5.72. The number of para-hydroxylation sites is 1. The Kier molecular flexibility index (Phi) is 4.10. The van der Waals surface area contributed by atoms with Gasteiger partial charge in [-0.3, -0.25) is 4.79 Å². The minimum atomic E-state index is -1.15. The van der Waals surface area contributed by atoms with Crippen LogP contribution in [0.3, 0.4) is 0 Å². The summed E-state index contributed by atoms with van der Waals surface area (Å²) >= 11 is 0.